The molecular weight excluding hydrogens is 613 g/mol. The molecule has 45 heavy (non-hydrogen) atoms. The number of carboxylic acid groups (broad SMARTS) is 2. The predicted molar refractivity (Wildman–Crippen MR) is 146 cm³/mol. The number of amides is 3. The number of carbonyl (C=O) groups excluding carboxylic acids is 4. The topological polar surface area (TPSA) is 219 Å². The smallest absolute Gasteiger partial charge is 0.478 e. The van der Waals surface area contributed by atoms with Crippen LogP contribution in [-0.4, -0.2) is 87.7 Å². The Morgan fingerprint density at radius 1 is 1.00 bits per heavy atom. The summed E-state index contributed by atoms with van der Waals surface area (Å²) in [5, 5.41) is 24.9. The predicted octanol–water partition coefficient (Wildman–Crippen LogP) is 2.11. The third-order valence-corrected chi connectivity index (χ3v) is 5.60. The number of halogens is 3. The van der Waals surface area contributed by atoms with Crippen LogP contribution in [-0.2, 0) is 23.9 Å². The summed E-state index contributed by atoms with van der Waals surface area (Å²) in [6.07, 6.45) is -2.25. The summed E-state index contributed by atoms with van der Waals surface area (Å²) in [4.78, 5) is 74.6. The van der Waals surface area contributed by atoms with Crippen LogP contribution in [0.2, 0.25) is 0 Å². The normalized spacial score (nSPS) is 10.8. The molecule has 0 bridgehead atoms. The van der Waals surface area contributed by atoms with Crippen LogP contribution in [0.25, 0.3) is 5.52 Å². The number of nitrogens with one attached hydrogen (secondary N) is 2. The van der Waals surface area contributed by atoms with Crippen molar-refractivity contribution in [2.24, 2.45) is 0 Å². The third-order valence-electron chi connectivity index (χ3n) is 5.60. The second-order valence-electron chi connectivity index (χ2n) is 8.51. The number of aromatic nitrogens is 3. The van der Waals surface area contributed by atoms with Crippen LogP contribution in [0, 0.1) is 13.8 Å². The number of aliphatic carboxylic acids is 2. The average Bonchev–Trinajstić information content (AvgIpc) is 3.33. The molecular formula is C26H25F3N6O10. The van der Waals surface area contributed by atoms with Gasteiger partial charge < -0.3 is 30.3 Å². The first-order chi connectivity index (χ1) is 21.0. The lowest BCUT2D eigenvalue weighted by Crippen LogP contribution is -2.30. The van der Waals surface area contributed by atoms with E-state index in [2.05, 4.69) is 20.7 Å². The van der Waals surface area contributed by atoms with E-state index >= 15 is 0 Å². The zero-order valence-electron chi connectivity index (χ0n) is 23.8. The Balaban J connectivity index is 0.000000900. The molecule has 2 heterocycles. The van der Waals surface area contributed by atoms with Gasteiger partial charge in [0.1, 0.15) is 11.8 Å². The van der Waals surface area contributed by atoms with E-state index < -0.39 is 42.9 Å². The quantitative estimate of drug-likeness (QED) is 0.158. The Morgan fingerprint density at radius 3 is 2.18 bits per heavy atom. The van der Waals surface area contributed by atoms with Crippen LogP contribution in [0.4, 0.5) is 29.5 Å². The van der Waals surface area contributed by atoms with Crippen molar-refractivity contribution in [3.05, 3.63) is 65.1 Å². The fourth-order valence-corrected chi connectivity index (χ4v) is 3.49. The monoisotopic (exact) mass is 638 g/mol. The first kappa shape index (κ1) is 35.2. The minimum atomic E-state index is -5.08. The number of aryl methyl sites for hydroxylation is 2. The summed E-state index contributed by atoms with van der Waals surface area (Å²) in [7, 11) is 2.93. The van der Waals surface area contributed by atoms with Crippen molar-refractivity contribution in [2.75, 3.05) is 25.8 Å². The number of carboxylic acids is 2. The summed E-state index contributed by atoms with van der Waals surface area (Å²) in [5.74, 6) is -5.94. The first-order valence-corrected chi connectivity index (χ1v) is 12.3. The number of carbonyl (C=O) groups is 6. The lowest BCUT2D eigenvalue weighted by Gasteiger charge is -2.24. The molecule has 4 N–H and O–H groups in total. The number of benzene rings is 1. The second-order valence-corrected chi connectivity index (χ2v) is 8.51. The molecule has 0 saturated carbocycles. The number of hydrogen-bond acceptors (Lipinski definition) is 10. The summed E-state index contributed by atoms with van der Waals surface area (Å²) in [6.45, 7) is 2.50. The minimum Gasteiger partial charge on any atom is -0.478 e. The Morgan fingerprint density at radius 2 is 1.62 bits per heavy atom. The lowest BCUT2D eigenvalue weighted by molar-refractivity contribution is -0.192. The fourth-order valence-electron chi connectivity index (χ4n) is 3.49. The van der Waals surface area contributed by atoms with Gasteiger partial charge in [-0.15, -0.1) is 0 Å². The van der Waals surface area contributed by atoms with Crippen molar-refractivity contribution in [2.45, 2.75) is 20.0 Å². The molecule has 0 aliphatic heterocycles. The van der Waals surface area contributed by atoms with Gasteiger partial charge >= 0.3 is 30.2 Å². The van der Waals surface area contributed by atoms with Gasteiger partial charge in [0.2, 0.25) is 6.79 Å². The molecule has 16 nitrogen and oxygen atoms in total. The van der Waals surface area contributed by atoms with Crippen LogP contribution in [0.3, 0.4) is 0 Å². The fraction of sp³-hybridized carbons (Fsp3) is 0.231. The van der Waals surface area contributed by atoms with Crippen molar-refractivity contribution in [3.63, 3.8) is 0 Å². The largest absolute Gasteiger partial charge is 0.490 e. The molecule has 3 amide bonds. The molecule has 0 fully saturated rings. The molecule has 19 heteroatoms. The molecule has 0 aliphatic rings. The average molecular weight is 639 g/mol. The summed E-state index contributed by atoms with van der Waals surface area (Å²) in [6, 6.07) is 4.64. The lowest BCUT2D eigenvalue weighted by atomic mass is 10.1. The van der Waals surface area contributed by atoms with Crippen LogP contribution < -0.4 is 15.5 Å². The number of fused-ring (bicyclic) bond motifs is 1. The molecule has 3 rings (SSSR count). The molecule has 3 aromatic rings. The number of esters is 1. The van der Waals surface area contributed by atoms with Gasteiger partial charge in [0.05, 0.1) is 11.3 Å². The van der Waals surface area contributed by atoms with E-state index in [9.17, 15) is 37.1 Å². The SMILES string of the molecule is CNC(=O)c1ccc(C)c(N(C(=O)OCOC(=O)/C=C/C(=O)O)c2ncnn3cc(C(=O)NC)c(C)c23)c1.O=C(O)C(F)(F)F. The molecule has 0 radical (unpaired) electrons. The Bertz CT molecular complexity index is 1670. The Hall–Kier alpha value is -6.01. The molecule has 2 aromatic heterocycles. The summed E-state index contributed by atoms with van der Waals surface area (Å²) in [5.41, 5.74) is 2.06. The van der Waals surface area contributed by atoms with E-state index in [1.165, 1.54) is 37.2 Å². The number of rotatable bonds is 8. The van der Waals surface area contributed by atoms with E-state index in [1.807, 2.05) is 0 Å². The number of hydrogen-bond donors (Lipinski definition) is 4. The minimum absolute atomic E-state index is 0.0203. The molecule has 1 aromatic carbocycles. The maximum absolute atomic E-state index is 13.4. The zero-order chi connectivity index (χ0) is 34.1. The van der Waals surface area contributed by atoms with Crippen LogP contribution in [0.5, 0.6) is 0 Å². The van der Waals surface area contributed by atoms with Gasteiger partial charge in [-0.2, -0.15) is 18.3 Å². The zero-order valence-corrected chi connectivity index (χ0v) is 23.8. The highest BCUT2D eigenvalue weighted by Crippen LogP contribution is 2.34. The molecule has 240 valence electrons. The molecule has 0 saturated heterocycles. The highest BCUT2D eigenvalue weighted by atomic mass is 19.4. The van der Waals surface area contributed by atoms with Gasteiger partial charge in [0.25, 0.3) is 11.8 Å². The van der Waals surface area contributed by atoms with Gasteiger partial charge in [-0.05, 0) is 37.1 Å². The van der Waals surface area contributed by atoms with Crippen LogP contribution >= 0.6 is 0 Å². The highest BCUT2D eigenvalue weighted by molar-refractivity contribution is 6.05. The second kappa shape index (κ2) is 14.9. The van der Waals surface area contributed by atoms with E-state index in [0.717, 1.165) is 4.90 Å². The molecule has 0 atom stereocenters. The number of anilines is 2. The number of ether oxygens (including phenoxy) is 2. The third kappa shape index (κ3) is 8.99. The van der Waals surface area contributed by atoms with Crippen molar-refractivity contribution < 1.29 is 61.6 Å². The van der Waals surface area contributed by atoms with Crippen molar-refractivity contribution >= 4 is 52.8 Å². The van der Waals surface area contributed by atoms with Gasteiger partial charge in [0.15, 0.2) is 5.82 Å². The van der Waals surface area contributed by atoms with Gasteiger partial charge in [-0.25, -0.2) is 33.6 Å². The number of nitrogens with zero attached hydrogens (tertiary/aromatic N) is 4. The van der Waals surface area contributed by atoms with Crippen molar-refractivity contribution in [3.8, 4) is 0 Å². The highest BCUT2D eigenvalue weighted by Gasteiger charge is 2.38. The van der Waals surface area contributed by atoms with Gasteiger partial charge in [-0.1, -0.05) is 6.07 Å². The Kier molecular flexibility index (Phi) is 11.7. The van der Waals surface area contributed by atoms with Crippen LogP contribution in [0.15, 0.2) is 42.9 Å². The Labute approximate surface area is 251 Å². The van der Waals surface area contributed by atoms with E-state index in [0.29, 0.717) is 28.8 Å². The maximum Gasteiger partial charge on any atom is 0.490 e. The van der Waals surface area contributed by atoms with Crippen molar-refractivity contribution in [1.29, 1.82) is 0 Å². The molecule has 0 aliphatic carbocycles. The van der Waals surface area contributed by atoms with Crippen molar-refractivity contribution in [1.82, 2.24) is 25.2 Å². The van der Waals surface area contributed by atoms with E-state index in [1.54, 1.807) is 26.0 Å². The van der Waals surface area contributed by atoms with E-state index in [4.69, 9.17) is 24.5 Å². The summed E-state index contributed by atoms with van der Waals surface area (Å²) >= 11 is 0. The van der Waals surface area contributed by atoms with Gasteiger partial charge in [0, 0.05) is 38.0 Å². The molecule has 0 spiro atoms. The maximum atomic E-state index is 13.4. The molecule has 0 unspecified atom stereocenters. The first-order valence-electron chi connectivity index (χ1n) is 12.3. The summed E-state index contributed by atoms with van der Waals surface area (Å²) < 4.78 is 43.0. The van der Waals surface area contributed by atoms with Crippen LogP contribution in [0.1, 0.15) is 31.8 Å². The standard InChI is InChI=1S/C24H24N6O8.C2HF3O2/c1-13-5-6-15(22(34)25-3)9-17(13)30(24(36)38-12-37-19(33)8-7-18(31)32)21-20-14(2)16(23(35)26-4)10-29(20)28-11-27-21;3-2(4,5)1(6)7/h5-11H,12H2,1-4H3,(H,25,34)(H,26,35)(H,31,32);(H,6,7)/b8-7+;. The van der Waals surface area contributed by atoms with E-state index in [-0.39, 0.29) is 28.5 Å². The number of alkyl halides is 3. The van der Waals surface area contributed by atoms with Gasteiger partial charge in [-0.3, -0.25) is 9.59 Å².